The minimum Gasteiger partial charge on any atom is -0.411 e. The minimum atomic E-state index is -0.426. The van der Waals surface area contributed by atoms with E-state index in [1.54, 1.807) is 12.3 Å². The van der Waals surface area contributed by atoms with E-state index in [0.29, 0.717) is 23.8 Å². The molecule has 19 heavy (non-hydrogen) atoms. The first-order valence-corrected chi connectivity index (χ1v) is 5.94. The third-order valence-electron chi connectivity index (χ3n) is 2.35. The maximum atomic E-state index is 8.63. The topological polar surface area (TPSA) is 76.3 Å². The van der Waals surface area contributed by atoms with Gasteiger partial charge in [-0.2, -0.15) is 0 Å². The summed E-state index contributed by atoms with van der Waals surface area (Å²) in [6.45, 7) is 0.315. The summed E-state index contributed by atoms with van der Waals surface area (Å²) < 4.78 is 10.1. The summed E-state index contributed by atoms with van der Waals surface area (Å²) in [5.41, 5.74) is 1.50. The number of aliphatic imine (C=N–C) groups is 1. The Morgan fingerprint density at radius 2 is 2.21 bits per heavy atom. The molecule has 0 aliphatic carbocycles. The SMILES string of the molecule is COC(CN=C(C=NO)Cc1ccc(Cl)nc1)OC. The van der Waals surface area contributed by atoms with Gasteiger partial charge in [0.25, 0.3) is 0 Å². The Morgan fingerprint density at radius 3 is 2.74 bits per heavy atom. The van der Waals surface area contributed by atoms with Gasteiger partial charge in [-0.3, -0.25) is 4.99 Å². The van der Waals surface area contributed by atoms with Crippen LogP contribution in [0.3, 0.4) is 0 Å². The van der Waals surface area contributed by atoms with Gasteiger partial charge >= 0.3 is 0 Å². The van der Waals surface area contributed by atoms with Crippen molar-refractivity contribution in [2.45, 2.75) is 12.7 Å². The molecular formula is C12H16ClN3O3. The van der Waals surface area contributed by atoms with Gasteiger partial charge < -0.3 is 14.7 Å². The number of pyridine rings is 1. The van der Waals surface area contributed by atoms with Crippen molar-refractivity contribution in [2.24, 2.45) is 10.1 Å². The predicted octanol–water partition coefficient (Wildman–Crippen LogP) is 1.80. The fourth-order valence-corrected chi connectivity index (χ4v) is 1.48. The number of nitrogens with zero attached hydrogens (tertiary/aromatic N) is 3. The van der Waals surface area contributed by atoms with E-state index in [1.807, 2.05) is 6.07 Å². The molecule has 7 heteroatoms. The van der Waals surface area contributed by atoms with E-state index < -0.39 is 6.29 Å². The summed E-state index contributed by atoms with van der Waals surface area (Å²) in [5, 5.41) is 12.1. The monoisotopic (exact) mass is 285 g/mol. The Labute approximate surface area is 116 Å². The van der Waals surface area contributed by atoms with E-state index in [2.05, 4.69) is 15.1 Å². The van der Waals surface area contributed by atoms with Crippen molar-refractivity contribution in [1.82, 2.24) is 4.98 Å². The lowest BCUT2D eigenvalue weighted by molar-refractivity contribution is -0.0936. The molecule has 1 aromatic rings. The largest absolute Gasteiger partial charge is 0.411 e. The molecule has 0 spiro atoms. The lowest BCUT2D eigenvalue weighted by Gasteiger charge is -2.10. The van der Waals surface area contributed by atoms with Gasteiger partial charge in [-0.15, -0.1) is 0 Å². The Kier molecular flexibility index (Phi) is 7.02. The summed E-state index contributed by atoms with van der Waals surface area (Å²) in [6.07, 6.45) is 2.98. The van der Waals surface area contributed by atoms with Gasteiger partial charge in [0.1, 0.15) is 5.15 Å². The normalized spacial score (nSPS) is 12.5. The summed E-state index contributed by atoms with van der Waals surface area (Å²) in [6, 6.07) is 3.53. The molecule has 0 atom stereocenters. The van der Waals surface area contributed by atoms with Crippen LogP contribution in [-0.2, 0) is 15.9 Å². The number of methoxy groups -OCH3 is 2. The molecule has 0 saturated carbocycles. The van der Waals surface area contributed by atoms with E-state index in [-0.39, 0.29) is 0 Å². The van der Waals surface area contributed by atoms with Crippen molar-refractivity contribution < 1.29 is 14.7 Å². The van der Waals surface area contributed by atoms with Gasteiger partial charge in [0, 0.05) is 26.8 Å². The minimum absolute atomic E-state index is 0.315. The molecule has 1 heterocycles. The molecule has 0 fully saturated rings. The van der Waals surface area contributed by atoms with Crippen molar-refractivity contribution in [3.63, 3.8) is 0 Å². The molecule has 104 valence electrons. The van der Waals surface area contributed by atoms with E-state index in [4.69, 9.17) is 26.3 Å². The maximum Gasteiger partial charge on any atom is 0.176 e. The number of aromatic nitrogens is 1. The Morgan fingerprint density at radius 1 is 1.47 bits per heavy atom. The third kappa shape index (κ3) is 5.78. The van der Waals surface area contributed by atoms with Crippen molar-refractivity contribution in [3.8, 4) is 0 Å². The van der Waals surface area contributed by atoms with Crippen LogP contribution in [0.5, 0.6) is 0 Å². The first kappa shape index (κ1) is 15.6. The second kappa shape index (κ2) is 8.58. The van der Waals surface area contributed by atoms with E-state index in [9.17, 15) is 0 Å². The van der Waals surface area contributed by atoms with Gasteiger partial charge in [0.05, 0.1) is 18.5 Å². The van der Waals surface area contributed by atoms with Gasteiger partial charge in [0.15, 0.2) is 6.29 Å². The Bertz CT molecular complexity index is 430. The smallest absolute Gasteiger partial charge is 0.176 e. The molecule has 0 aromatic carbocycles. The molecule has 0 aliphatic rings. The van der Waals surface area contributed by atoms with Gasteiger partial charge in [0.2, 0.25) is 0 Å². The molecule has 0 saturated heterocycles. The molecule has 1 N–H and O–H groups in total. The molecule has 0 radical (unpaired) electrons. The predicted molar refractivity (Wildman–Crippen MR) is 73.3 cm³/mol. The van der Waals surface area contributed by atoms with Crippen molar-refractivity contribution in [2.75, 3.05) is 20.8 Å². The quantitative estimate of drug-likeness (QED) is 0.272. The Balaban J connectivity index is 2.71. The van der Waals surface area contributed by atoms with Crippen LogP contribution in [0.1, 0.15) is 5.56 Å². The van der Waals surface area contributed by atoms with Crippen molar-refractivity contribution in [1.29, 1.82) is 0 Å². The highest BCUT2D eigenvalue weighted by molar-refractivity contribution is 6.31. The molecule has 0 aliphatic heterocycles. The van der Waals surface area contributed by atoms with E-state index in [0.717, 1.165) is 5.56 Å². The summed E-state index contributed by atoms with van der Waals surface area (Å²) in [7, 11) is 3.07. The highest BCUT2D eigenvalue weighted by Gasteiger charge is 2.05. The van der Waals surface area contributed by atoms with Crippen LogP contribution in [0, 0.1) is 0 Å². The van der Waals surface area contributed by atoms with Crippen LogP contribution < -0.4 is 0 Å². The van der Waals surface area contributed by atoms with Gasteiger partial charge in [-0.05, 0) is 11.6 Å². The van der Waals surface area contributed by atoms with Gasteiger partial charge in [-0.25, -0.2) is 4.98 Å². The zero-order chi connectivity index (χ0) is 14.1. The second-order valence-electron chi connectivity index (χ2n) is 3.64. The van der Waals surface area contributed by atoms with Crippen LogP contribution in [0.2, 0.25) is 5.15 Å². The number of hydrogen-bond acceptors (Lipinski definition) is 6. The summed E-state index contributed by atoms with van der Waals surface area (Å²) in [5.74, 6) is 0. The van der Waals surface area contributed by atoms with Crippen LogP contribution >= 0.6 is 11.6 Å². The van der Waals surface area contributed by atoms with Gasteiger partial charge in [-0.1, -0.05) is 22.8 Å². The average molecular weight is 286 g/mol. The second-order valence-corrected chi connectivity index (χ2v) is 4.03. The summed E-state index contributed by atoms with van der Waals surface area (Å²) >= 11 is 5.71. The fourth-order valence-electron chi connectivity index (χ4n) is 1.37. The lowest BCUT2D eigenvalue weighted by Crippen LogP contribution is -2.18. The van der Waals surface area contributed by atoms with Crippen LogP contribution in [0.25, 0.3) is 0 Å². The van der Waals surface area contributed by atoms with E-state index in [1.165, 1.54) is 20.4 Å². The van der Waals surface area contributed by atoms with E-state index >= 15 is 0 Å². The van der Waals surface area contributed by atoms with Crippen LogP contribution in [-0.4, -0.2) is 49.2 Å². The molecule has 0 bridgehead atoms. The number of hydrogen-bond donors (Lipinski definition) is 1. The molecule has 0 unspecified atom stereocenters. The number of ether oxygens (including phenoxy) is 2. The molecular weight excluding hydrogens is 270 g/mol. The highest BCUT2D eigenvalue weighted by atomic mass is 35.5. The first-order valence-electron chi connectivity index (χ1n) is 5.56. The first-order chi connectivity index (χ1) is 9.19. The number of halogens is 1. The van der Waals surface area contributed by atoms with Crippen molar-refractivity contribution >= 4 is 23.5 Å². The standard InChI is InChI=1S/C12H16ClN3O3/c1-18-12(19-2)8-14-10(7-16-17)5-9-3-4-11(13)15-6-9/h3-4,6-7,12,17H,5,8H2,1-2H3. The molecule has 1 aromatic heterocycles. The molecule has 6 nitrogen and oxygen atoms in total. The highest BCUT2D eigenvalue weighted by Crippen LogP contribution is 2.06. The fraction of sp³-hybridized carbons (Fsp3) is 0.417. The average Bonchev–Trinajstić information content (AvgIpc) is 2.42. The maximum absolute atomic E-state index is 8.63. The molecule has 0 amide bonds. The summed E-state index contributed by atoms with van der Waals surface area (Å²) in [4.78, 5) is 8.24. The zero-order valence-corrected chi connectivity index (χ0v) is 11.5. The zero-order valence-electron chi connectivity index (χ0n) is 10.8. The van der Waals surface area contributed by atoms with Crippen LogP contribution in [0.4, 0.5) is 0 Å². The van der Waals surface area contributed by atoms with Crippen molar-refractivity contribution in [3.05, 3.63) is 29.0 Å². The lowest BCUT2D eigenvalue weighted by atomic mass is 10.1. The number of rotatable bonds is 7. The number of oxime groups is 1. The Hall–Kier alpha value is -1.50. The molecule has 1 rings (SSSR count). The van der Waals surface area contributed by atoms with Crippen LogP contribution in [0.15, 0.2) is 28.5 Å². The third-order valence-corrected chi connectivity index (χ3v) is 2.57.